The zero-order chi connectivity index (χ0) is 17.4. The Morgan fingerprint density at radius 1 is 1.08 bits per heavy atom. The van der Waals surface area contributed by atoms with Crippen LogP contribution in [0.3, 0.4) is 0 Å². The van der Waals surface area contributed by atoms with Crippen molar-refractivity contribution in [2.45, 2.75) is 20.4 Å². The summed E-state index contributed by atoms with van der Waals surface area (Å²) in [5, 5.41) is 8.34. The van der Waals surface area contributed by atoms with Crippen LogP contribution in [0.25, 0.3) is 10.1 Å². The molecular formula is C20H18N2OS2. The summed E-state index contributed by atoms with van der Waals surface area (Å²) in [4.78, 5) is 14.0. The van der Waals surface area contributed by atoms with Gasteiger partial charge in [0.15, 0.2) is 0 Å². The van der Waals surface area contributed by atoms with Gasteiger partial charge in [-0.1, -0.05) is 6.07 Å². The summed E-state index contributed by atoms with van der Waals surface area (Å²) in [5.41, 5.74) is 3.67. The third-order valence-electron chi connectivity index (χ3n) is 4.42. The Hall–Kier alpha value is -2.37. The van der Waals surface area contributed by atoms with Crippen molar-refractivity contribution < 1.29 is 4.79 Å². The van der Waals surface area contributed by atoms with E-state index >= 15 is 0 Å². The zero-order valence-corrected chi connectivity index (χ0v) is 15.7. The molecule has 0 unspecified atom stereocenters. The highest BCUT2D eigenvalue weighted by atomic mass is 32.1. The van der Waals surface area contributed by atoms with Crippen molar-refractivity contribution in [3.8, 4) is 0 Å². The number of aromatic nitrogens is 1. The van der Waals surface area contributed by atoms with Crippen LogP contribution < -0.4 is 5.32 Å². The molecule has 3 nitrogen and oxygen atoms in total. The highest BCUT2D eigenvalue weighted by molar-refractivity contribution is 7.17. The van der Waals surface area contributed by atoms with Crippen LogP contribution in [-0.2, 0) is 6.54 Å². The molecule has 0 saturated carbocycles. The molecule has 0 aliphatic heterocycles. The number of nitrogens with zero attached hydrogens (tertiary/aromatic N) is 1. The van der Waals surface area contributed by atoms with Gasteiger partial charge in [-0.2, -0.15) is 0 Å². The first-order valence-corrected chi connectivity index (χ1v) is 9.85. The number of nitrogens with one attached hydrogen (secondary N) is 1. The Morgan fingerprint density at radius 3 is 2.76 bits per heavy atom. The summed E-state index contributed by atoms with van der Waals surface area (Å²) in [6.07, 6.45) is 0. The van der Waals surface area contributed by atoms with E-state index in [4.69, 9.17) is 0 Å². The van der Waals surface area contributed by atoms with E-state index in [1.807, 2.05) is 25.1 Å². The van der Waals surface area contributed by atoms with Gasteiger partial charge in [-0.3, -0.25) is 4.79 Å². The van der Waals surface area contributed by atoms with Crippen molar-refractivity contribution in [1.29, 1.82) is 0 Å². The molecule has 1 aromatic carbocycles. The fourth-order valence-electron chi connectivity index (χ4n) is 3.08. The largest absolute Gasteiger partial charge is 0.343 e. The van der Waals surface area contributed by atoms with Gasteiger partial charge in [0.2, 0.25) is 0 Å². The molecule has 3 aromatic heterocycles. The Kier molecular flexibility index (Phi) is 4.19. The second-order valence-electron chi connectivity index (χ2n) is 6.08. The molecule has 25 heavy (non-hydrogen) atoms. The van der Waals surface area contributed by atoms with E-state index in [9.17, 15) is 4.79 Å². The number of thiophene rings is 2. The van der Waals surface area contributed by atoms with Crippen LogP contribution in [0.5, 0.6) is 0 Å². The van der Waals surface area contributed by atoms with Crippen molar-refractivity contribution in [3.63, 3.8) is 0 Å². The molecule has 4 aromatic rings. The van der Waals surface area contributed by atoms with Crippen LogP contribution in [0, 0.1) is 13.8 Å². The lowest BCUT2D eigenvalue weighted by molar-refractivity contribution is 0.102. The van der Waals surface area contributed by atoms with Gasteiger partial charge in [-0.15, -0.1) is 22.7 Å². The normalized spacial score (nSPS) is 11.1. The third-order valence-corrected chi connectivity index (χ3v) is 6.18. The van der Waals surface area contributed by atoms with Gasteiger partial charge < -0.3 is 9.88 Å². The topological polar surface area (TPSA) is 34.0 Å². The van der Waals surface area contributed by atoms with E-state index in [1.54, 1.807) is 22.7 Å². The highest BCUT2D eigenvalue weighted by Gasteiger charge is 2.16. The van der Waals surface area contributed by atoms with E-state index in [0.29, 0.717) is 0 Å². The number of carbonyl (C=O) groups excluding carboxylic acids is 1. The first kappa shape index (κ1) is 16.1. The van der Waals surface area contributed by atoms with Crippen LogP contribution in [0.2, 0.25) is 0 Å². The number of benzene rings is 1. The minimum Gasteiger partial charge on any atom is -0.343 e. The molecule has 4 rings (SSSR count). The van der Waals surface area contributed by atoms with Gasteiger partial charge in [-0.25, -0.2) is 0 Å². The maximum Gasteiger partial charge on any atom is 0.257 e. The maximum absolute atomic E-state index is 12.8. The predicted octanol–water partition coefficient (Wildman–Crippen LogP) is 5.68. The average Bonchev–Trinajstić information content (AvgIpc) is 3.31. The number of amides is 1. The monoisotopic (exact) mass is 366 g/mol. The van der Waals surface area contributed by atoms with Crippen LogP contribution in [0.4, 0.5) is 5.69 Å². The second-order valence-corrected chi connectivity index (χ2v) is 8.06. The Morgan fingerprint density at radius 2 is 1.96 bits per heavy atom. The minimum absolute atomic E-state index is 0.0555. The fourth-order valence-corrected chi connectivity index (χ4v) is 4.54. The van der Waals surface area contributed by atoms with E-state index in [-0.39, 0.29) is 5.91 Å². The lowest BCUT2D eigenvalue weighted by atomic mass is 10.2. The van der Waals surface area contributed by atoms with Crippen molar-refractivity contribution in [2.24, 2.45) is 0 Å². The summed E-state index contributed by atoms with van der Waals surface area (Å²) in [5.74, 6) is -0.0555. The average molecular weight is 367 g/mol. The summed E-state index contributed by atoms with van der Waals surface area (Å²) in [7, 11) is 0. The Labute approximate surface area is 154 Å². The van der Waals surface area contributed by atoms with Crippen LogP contribution in [0.1, 0.15) is 26.6 Å². The number of fused-ring (bicyclic) bond motifs is 1. The standard InChI is InChI=1S/C20H18N2OS2/c1-13-10-18(14(2)22(13)12-17-4-3-8-24-17)20(23)21-16-5-6-19-15(11-16)7-9-25-19/h3-11H,12H2,1-2H3,(H,21,23). The van der Waals surface area contributed by atoms with Gasteiger partial charge in [0.1, 0.15) is 0 Å². The number of anilines is 1. The molecule has 5 heteroatoms. The molecule has 3 heterocycles. The number of hydrogen-bond acceptors (Lipinski definition) is 3. The first-order chi connectivity index (χ1) is 12.1. The Balaban J connectivity index is 1.59. The number of aryl methyl sites for hydroxylation is 1. The van der Waals surface area contributed by atoms with Crippen LogP contribution >= 0.6 is 22.7 Å². The van der Waals surface area contributed by atoms with Crippen LogP contribution in [0.15, 0.2) is 53.2 Å². The number of hydrogen-bond donors (Lipinski definition) is 1. The molecule has 0 aliphatic carbocycles. The van der Waals surface area contributed by atoms with Crippen molar-refractivity contribution in [3.05, 3.63) is 75.1 Å². The molecule has 0 aliphatic rings. The summed E-state index contributed by atoms with van der Waals surface area (Å²) >= 11 is 3.44. The lowest BCUT2D eigenvalue weighted by Gasteiger charge is -2.09. The molecule has 0 bridgehead atoms. The highest BCUT2D eigenvalue weighted by Crippen LogP contribution is 2.25. The van der Waals surface area contributed by atoms with Gasteiger partial charge in [0, 0.05) is 26.7 Å². The molecule has 0 spiro atoms. The summed E-state index contributed by atoms with van der Waals surface area (Å²) in [6.45, 7) is 4.87. The minimum atomic E-state index is -0.0555. The van der Waals surface area contributed by atoms with Crippen molar-refractivity contribution in [1.82, 2.24) is 4.57 Å². The van der Waals surface area contributed by atoms with E-state index in [1.165, 1.54) is 9.58 Å². The zero-order valence-electron chi connectivity index (χ0n) is 14.1. The van der Waals surface area contributed by atoms with E-state index in [0.717, 1.165) is 34.6 Å². The molecule has 126 valence electrons. The SMILES string of the molecule is Cc1cc(C(=O)Nc2ccc3sccc3c2)c(C)n1Cc1cccs1. The van der Waals surface area contributed by atoms with Gasteiger partial charge in [0.05, 0.1) is 12.1 Å². The van der Waals surface area contributed by atoms with Crippen molar-refractivity contribution >= 4 is 44.4 Å². The second kappa shape index (κ2) is 6.50. The third kappa shape index (κ3) is 3.13. The summed E-state index contributed by atoms with van der Waals surface area (Å²) in [6, 6.07) is 14.3. The number of rotatable bonds is 4. The summed E-state index contributed by atoms with van der Waals surface area (Å²) < 4.78 is 3.43. The quantitative estimate of drug-likeness (QED) is 0.495. The molecule has 0 radical (unpaired) electrons. The predicted molar refractivity (Wildman–Crippen MR) is 107 cm³/mol. The van der Waals surface area contributed by atoms with Gasteiger partial charge in [0.25, 0.3) is 5.91 Å². The Bertz CT molecular complexity index is 1040. The fraction of sp³-hybridized carbons (Fsp3) is 0.150. The van der Waals surface area contributed by atoms with E-state index < -0.39 is 0 Å². The molecule has 1 N–H and O–H groups in total. The maximum atomic E-state index is 12.8. The molecule has 1 amide bonds. The van der Waals surface area contributed by atoms with Gasteiger partial charge >= 0.3 is 0 Å². The smallest absolute Gasteiger partial charge is 0.257 e. The van der Waals surface area contributed by atoms with Crippen LogP contribution in [-0.4, -0.2) is 10.5 Å². The van der Waals surface area contributed by atoms with E-state index in [2.05, 4.69) is 51.8 Å². The molecule has 0 saturated heterocycles. The van der Waals surface area contributed by atoms with Gasteiger partial charge in [-0.05, 0) is 66.4 Å². The molecule has 0 fully saturated rings. The first-order valence-electron chi connectivity index (χ1n) is 8.09. The number of carbonyl (C=O) groups is 1. The lowest BCUT2D eigenvalue weighted by Crippen LogP contribution is -2.13. The van der Waals surface area contributed by atoms with Crippen molar-refractivity contribution in [2.75, 3.05) is 5.32 Å². The molecule has 0 atom stereocenters. The molecular weight excluding hydrogens is 348 g/mol.